The Labute approximate surface area is 134 Å². The van der Waals surface area contributed by atoms with Crippen LogP contribution in [-0.2, 0) is 11.2 Å². The van der Waals surface area contributed by atoms with Crippen LogP contribution >= 0.6 is 34.9 Å². The molecule has 1 aromatic rings. The minimum absolute atomic E-state index is 0.0439. The topological polar surface area (TPSA) is 64.9 Å². The largest absolute Gasteiger partial charge is 0.481 e. The molecule has 2 fully saturated rings. The summed E-state index contributed by atoms with van der Waals surface area (Å²) in [5.74, 6) is -0.485. The highest BCUT2D eigenvalue weighted by Gasteiger charge is 2.37. The summed E-state index contributed by atoms with van der Waals surface area (Å²) < 4.78 is 17.2. The average Bonchev–Trinajstić information content (AvgIpc) is 2.99. The van der Waals surface area contributed by atoms with E-state index >= 15 is 0 Å². The highest BCUT2D eigenvalue weighted by Crippen LogP contribution is 2.41. The molecule has 0 radical (unpaired) electrons. The number of carboxylic acids is 1. The molecule has 1 aromatic heterocycles. The highest BCUT2D eigenvalue weighted by molar-refractivity contribution is 8.12. The third-order valence-corrected chi connectivity index (χ3v) is 5.80. The van der Waals surface area contributed by atoms with Crippen molar-refractivity contribution >= 4 is 51.7 Å². The maximum atomic E-state index is 14.0. The Morgan fingerprint density at radius 2 is 2.43 bits per heavy atom. The van der Waals surface area contributed by atoms with Crippen LogP contribution in [0, 0.1) is 11.0 Å². The maximum Gasteiger partial charge on any atom is 0.308 e. The molecule has 114 valence electrons. The van der Waals surface area contributed by atoms with E-state index in [0.29, 0.717) is 16.0 Å². The van der Waals surface area contributed by atoms with Crippen molar-refractivity contribution in [2.45, 2.75) is 25.9 Å². The normalized spacial score (nSPS) is 26.6. The Bertz CT molecular complexity index is 622. The molecule has 0 bridgehead atoms. The van der Waals surface area contributed by atoms with E-state index in [4.69, 9.17) is 16.7 Å². The summed E-state index contributed by atoms with van der Waals surface area (Å²) in [6, 6.07) is 0. The molecule has 0 amide bonds. The number of aliphatic imine (C=N–C) groups is 1. The number of carboxylic acid groups (broad SMARTS) is 1. The minimum Gasteiger partial charge on any atom is -0.481 e. The lowest BCUT2D eigenvalue weighted by Gasteiger charge is -2.15. The van der Waals surface area contributed by atoms with Crippen molar-refractivity contribution in [1.29, 1.82) is 0 Å². The van der Waals surface area contributed by atoms with Gasteiger partial charge in [-0.1, -0.05) is 18.5 Å². The fourth-order valence-electron chi connectivity index (χ4n) is 2.49. The molecule has 2 unspecified atom stereocenters. The summed E-state index contributed by atoms with van der Waals surface area (Å²) in [5.41, 5.74) is 0.0439. The lowest BCUT2D eigenvalue weighted by Crippen LogP contribution is -2.30. The van der Waals surface area contributed by atoms with Gasteiger partial charge in [-0.05, 0) is 24.3 Å². The van der Waals surface area contributed by atoms with Crippen LogP contribution in [0.3, 0.4) is 0 Å². The zero-order chi connectivity index (χ0) is 15.1. The van der Waals surface area contributed by atoms with Crippen molar-refractivity contribution in [3.8, 4) is 0 Å². The summed E-state index contributed by atoms with van der Waals surface area (Å²) >= 11 is 8.18. The standard InChI is InChI=1S/C12H13ClFN3O2S2/c1-5-2-7-16-21-12(17(7)4-5)15-10-9(13)6(3-8(18)19)20-11(10)14/h5,7,16H,2-4H2,1H3,(H,18,19). The zero-order valence-electron chi connectivity index (χ0n) is 11.1. The summed E-state index contributed by atoms with van der Waals surface area (Å²) in [4.78, 5) is 17.4. The summed E-state index contributed by atoms with van der Waals surface area (Å²) in [7, 11) is 0. The van der Waals surface area contributed by atoms with Gasteiger partial charge in [-0.3, -0.25) is 4.79 Å². The van der Waals surface area contributed by atoms with E-state index in [-0.39, 0.29) is 23.3 Å². The van der Waals surface area contributed by atoms with Crippen LogP contribution < -0.4 is 4.72 Å². The minimum atomic E-state index is -1.04. The second-order valence-electron chi connectivity index (χ2n) is 5.16. The van der Waals surface area contributed by atoms with E-state index in [2.05, 4.69) is 21.5 Å². The number of thiophene rings is 1. The number of carbonyl (C=O) groups is 1. The number of nitrogens with zero attached hydrogens (tertiary/aromatic N) is 2. The molecular formula is C12H13ClFN3O2S2. The molecule has 2 aliphatic heterocycles. The predicted molar refractivity (Wildman–Crippen MR) is 82.7 cm³/mol. The summed E-state index contributed by atoms with van der Waals surface area (Å²) in [6.07, 6.45) is 0.957. The lowest BCUT2D eigenvalue weighted by molar-refractivity contribution is -0.136. The molecule has 2 saturated heterocycles. The van der Waals surface area contributed by atoms with Gasteiger partial charge in [-0.15, -0.1) is 11.3 Å². The van der Waals surface area contributed by atoms with Gasteiger partial charge in [0.05, 0.1) is 17.6 Å². The molecule has 5 nitrogen and oxygen atoms in total. The number of amidine groups is 1. The maximum absolute atomic E-state index is 14.0. The quantitative estimate of drug-likeness (QED) is 0.821. The molecule has 21 heavy (non-hydrogen) atoms. The molecule has 0 aromatic carbocycles. The number of hydrogen-bond acceptors (Lipinski definition) is 5. The van der Waals surface area contributed by atoms with Crippen molar-refractivity contribution in [2.24, 2.45) is 10.9 Å². The molecule has 0 spiro atoms. The smallest absolute Gasteiger partial charge is 0.308 e. The number of halogens is 2. The first-order valence-electron chi connectivity index (χ1n) is 6.42. The highest BCUT2D eigenvalue weighted by atomic mass is 35.5. The Morgan fingerprint density at radius 1 is 1.67 bits per heavy atom. The monoisotopic (exact) mass is 349 g/mol. The number of hydrogen-bond donors (Lipinski definition) is 2. The first-order valence-corrected chi connectivity index (χ1v) is 8.43. The summed E-state index contributed by atoms with van der Waals surface area (Å²) in [5, 5.41) is 9.04. The van der Waals surface area contributed by atoms with Gasteiger partial charge in [0.25, 0.3) is 0 Å². The lowest BCUT2D eigenvalue weighted by atomic mass is 10.1. The summed E-state index contributed by atoms with van der Waals surface area (Å²) in [6.45, 7) is 3.03. The predicted octanol–water partition coefficient (Wildman–Crippen LogP) is 3.07. The molecule has 0 saturated carbocycles. The van der Waals surface area contributed by atoms with E-state index in [1.54, 1.807) is 0 Å². The van der Waals surface area contributed by atoms with Crippen LogP contribution in [0.15, 0.2) is 4.99 Å². The number of nitrogens with one attached hydrogen (secondary N) is 1. The molecule has 2 atom stereocenters. The Balaban J connectivity index is 1.89. The van der Waals surface area contributed by atoms with E-state index in [0.717, 1.165) is 24.3 Å². The van der Waals surface area contributed by atoms with Crippen molar-refractivity contribution in [1.82, 2.24) is 9.62 Å². The Hall–Kier alpha value is -0.830. The van der Waals surface area contributed by atoms with Crippen molar-refractivity contribution in [3.63, 3.8) is 0 Å². The van der Waals surface area contributed by atoms with Gasteiger partial charge in [0.1, 0.15) is 5.69 Å². The Kier molecular flexibility index (Phi) is 4.13. The van der Waals surface area contributed by atoms with Gasteiger partial charge in [0.2, 0.25) is 5.13 Å². The second kappa shape index (κ2) is 5.75. The van der Waals surface area contributed by atoms with E-state index in [1.165, 1.54) is 11.9 Å². The third kappa shape index (κ3) is 2.90. The van der Waals surface area contributed by atoms with Gasteiger partial charge in [0, 0.05) is 11.4 Å². The van der Waals surface area contributed by atoms with E-state index in [9.17, 15) is 9.18 Å². The van der Waals surface area contributed by atoms with E-state index in [1.807, 2.05) is 0 Å². The van der Waals surface area contributed by atoms with Crippen LogP contribution in [0.2, 0.25) is 5.02 Å². The SMILES string of the molecule is CC1CC2NSC(=Nc3c(F)sc(CC(=O)O)c3Cl)N2C1. The zero-order valence-corrected chi connectivity index (χ0v) is 13.5. The van der Waals surface area contributed by atoms with Crippen LogP contribution in [0.5, 0.6) is 0 Å². The number of rotatable bonds is 3. The molecule has 3 heterocycles. The van der Waals surface area contributed by atoms with Crippen LogP contribution in [0.25, 0.3) is 0 Å². The van der Waals surface area contributed by atoms with Gasteiger partial charge in [-0.2, -0.15) is 4.39 Å². The average molecular weight is 350 g/mol. The van der Waals surface area contributed by atoms with E-state index < -0.39 is 11.1 Å². The third-order valence-electron chi connectivity index (χ3n) is 3.41. The van der Waals surface area contributed by atoms with Gasteiger partial charge < -0.3 is 10.0 Å². The molecule has 0 aliphatic carbocycles. The molecule has 2 aliphatic rings. The fraction of sp³-hybridized carbons (Fsp3) is 0.500. The van der Waals surface area contributed by atoms with Crippen LogP contribution in [-0.4, -0.2) is 33.9 Å². The van der Waals surface area contributed by atoms with Crippen molar-refractivity contribution in [3.05, 3.63) is 15.0 Å². The molecular weight excluding hydrogens is 337 g/mol. The van der Waals surface area contributed by atoms with Crippen molar-refractivity contribution in [2.75, 3.05) is 6.54 Å². The first kappa shape index (κ1) is 15.1. The van der Waals surface area contributed by atoms with Crippen LogP contribution in [0.4, 0.5) is 10.1 Å². The molecule has 2 N–H and O–H groups in total. The number of fused-ring (bicyclic) bond motifs is 1. The molecule has 3 rings (SSSR count). The van der Waals surface area contributed by atoms with Crippen LogP contribution in [0.1, 0.15) is 18.2 Å². The second-order valence-corrected chi connectivity index (χ2v) is 7.39. The first-order chi connectivity index (χ1) is 9.95. The number of aliphatic carboxylic acids is 1. The van der Waals surface area contributed by atoms with Gasteiger partial charge >= 0.3 is 5.97 Å². The van der Waals surface area contributed by atoms with Gasteiger partial charge in [0.15, 0.2) is 5.17 Å². The fourth-order valence-corrected chi connectivity index (χ4v) is 4.62. The van der Waals surface area contributed by atoms with Crippen molar-refractivity contribution < 1.29 is 14.3 Å². The Morgan fingerprint density at radius 3 is 3.14 bits per heavy atom. The van der Waals surface area contributed by atoms with Gasteiger partial charge in [-0.25, -0.2) is 9.71 Å². The molecule has 9 heteroatoms.